The fourth-order valence-electron chi connectivity index (χ4n) is 1.57. The van der Waals surface area contributed by atoms with Gasteiger partial charge in [-0.1, -0.05) is 26.0 Å². The maximum Gasteiger partial charge on any atom is 0.257 e. The van der Waals surface area contributed by atoms with Gasteiger partial charge in [0.2, 0.25) is 0 Å². The van der Waals surface area contributed by atoms with Crippen molar-refractivity contribution >= 4 is 34.8 Å². The van der Waals surface area contributed by atoms with E-state index in [9.17, 15) is 4.79 Å². The van der Waals surface area contributed by atoms with Crippen LogP contribution in [0.15, 0.2) is 29.6 Å². The highest BCUT2D eigenvalue weighted by molar-refractivity contribution is 7.14. The van der Waals surface area contributed by atoms with Crippen LogP contribution < -0.4 is 11.1 Å². The number of aromatic nitrogens is 1. The summed E-state index contributed by atoms with van der Waals surface area (Å²) in [6, 6.07) is 7.26. The third kappa shape index (κ3) is 4.03. The number of nitrogens with zero attached hydrogens (tertiary/aromatic N) is 1. The Kier molecular flexibility index (Phi) is 6.13. The fourth-order valence-corrected chi connectivity index (χ4v) is 2.44. The summed E-state index contributed by atoms with van der Waals surface area (Å²) in [7, 11) is 0. The Morgan fingerprint density at radius 3 is 2.50 bits per heavy atom. The molecule has 0 aliphatic heterocycles. The summed E-state index contributed by atoms with van der Waals surface area (Å²) in [6.45, 7) is 4.63. The second-order valence-corrected chi connectivity index (χ2v) is 5.45. The van der Waals surface area contributed by atoms with E-state index in [0.717, 1.165) is 11.3 Å². The lowest BCUT2D eigenvalue weighted by Gasteiger charge is -2.03. The molecule has 0 aliphatic carbocycles. The minimum atomic E-state index is -0.145. The number of rotatable bonds is 4. The minimum absolute atomic E-state index is 0. The molecule has 0 aliphatic rings. The van der Waals surface area contributed by atoms with Crippen LogP contribution in [0.5, 0.6) is 0 Å². The highest BCUT2D eigenvalue weighted by atomic mass is 35.5. The highest BCUT2D eigenvalue weighted by Crippen LogP contribution is 2.21. The van der Waals surface area contributed by atoms with Crippen molar-refractivity contribution in [2.45, 2.75) is 26.3 Å². The van der Waals surface area contributed by atoms with E-state index in [1.54, 1.807) is 12.1 Å². The van der Waals surface area contributed by atoms with Crippen molar-refractivity contribution < 1.29 is 4.79 Å². The zero-order valence-electron chi connectivity index (χ0n) is 11.4. The number of hydrogen-bond donors (Lipinski definition) is 2. The number of halogens is 1. The van der Waals surface area contributed by atoms with Gasteiger partial charge in [-0.3, -0.25) is 10.1 Å². The van der Waals surface area contributed by atoms with Gasteiger partial charge in [0, 0.05) is 17.5 Å². The van der Waals surface area contributed by atoms with Gasteiger partial charge >= 0.3 is 0 Å². The Bertz CT molecular complexity index is 566. The first-order valence-electron chi connectivity index (χ1n) is 6.16. The predicted molar refractivity (Wildman–Crippen MR) is 85.7 cm³/mol. The topological polar surface area (TPSA) is 68.0 Å². The number of carbonyl (C=O) groups excluding carboxylic acids is 1. The molecule has 2 aromatic rings. The highest BCUT2D eigenvalue weighted by Gasteiger charge is 2.10. The van der Waals surface area contributed by atoms with Crippen LogP contribution in [0.2, 0.25) is 0 Å². The summed E-state index contributed by atoms with van der Waals surface area (Å²) in [5.41, 5.74) is 8.14. The minimum Gasteiger partial charge on any atom is -0.326 e. The molecule has 1 amide bonds. The van der Waals surface area contributed by atoms with Gasteiger partial charge in [0.05, 0.1) is 5.69 Å². The van der Waals surface area contributed by atoms with Gasteiger partial charge in [0.1, 0.15) is 0 Å². The Hall–Kier alpha value is -1.43. The first kappa shape index (κ1) is 16.6. The number of nitrogens with one attached hydrogen (secondary N) is 1. The van der Waals surface area contributed by atoms with Gasteiger partial charge < -0.3 is 5.73 Å². The lowest BCUT2D eigenvalue weighted by atomic mass is 10.1. The summed E-state index contributed by atoms with van der Waals surface area (Å²) < 4.78 is 0. The predicted octanol–water partition coefficient (Wildman–Crippen LogP) is 3.40. The van der Waals surface area contributed by atoms with E-state index < -0.39 is 0 Å². The number of anilines is 1. The Labute approximate surface area is 128 Å². The van der Waals surface area contributed by atoms with Gasteiger partial charge in [-0.25, -0.2) is 4.98 Å². The number of hydrogen-bond acceptors (Lipinski definition) is 4. The normalized spacial score (nSPS) is 10.2. The molecule has 0 radical (unpaired) electrons. The monoisotopic (exact) mass is 311 g/mol. The van der Waals surface area contributed by atoms with Crippen LogP contribution in [-0.2, 0) is 6.54 Å². The summed E-state index contributed by atoms with van der Waals surface area (Å²) in [5, 5.41) is 5.41. The molecule has 1 aromatic heterocycles. The number of benzene rings is 1. The van der Waals surface area contributed by atoms with Crippen molar-refractivity contribution in [1.82, 2.24) is 4.98 Å². The van der Waals surface area contributed by atoms with E-state index in [2.05, 4.69) is 24.1 Å². The average molecular weight is 312 g/mol. The first-order chi connectivity index (χ1) is 9.10. The number of nitrogens with two attached hydrogens (primary N) is 1. The molecule has 6 heteroatoms. The lowest BCUT2D eigenvalue weighted by molar-refractivity contribution is 0.102. The number of amides is 1. The molecule has 4 nitrogen and oxygen atoms in total. The molecule has 0 spiro atoms. The molecule has 0 bridgehead atoms. The third-order valence-corrected chi connectivity index (χ3v) is 3.56. The molecule has 3 N–H and O–H groups in total. The van der Waals surface area contributed by atoms with Crippen LogP contribution in [0.1, 0.15) is 41.4 Å². The summed E-state index contributed by atoms with van der Waals surface area (Å²) in [5.74, 6) is 0.221. The van der Waals surface area contributed by atoms with E-state index in [0.29, 0.717) is 23.2 Å². The van der Waals surface area contributed by atoms with Crippen LogP contribution in [0.3, 0.4) is 0 Å². The molecular weight excluding hydrogens is 294 g/mol. The van der Waals surface area contributed by atoms with E-state index in [4.69, 9.17) is 5.73 Å². The fraction of sp³-hybridized carbons (Fsp3) is 0.286. The molecule has 0 unspecified atom stereocenters. The van der Waals surface area contributed by atoms with Crippen molar-refractivity contribution in [2.75, 3.05) is 5.32 Å². The second kappa shape index (κ2) is 7.38. The number of thiazole rings is 1. The van der Waals surface area contributed by atoms with Crippen molar-refractivity contribution in [3.8, 4) is 0 Å². The maximum atomic E-state index is 12.0. The molecule has 2 rings (SSSR count). The molecule has 0 saturated heterocycles. The van der Waals surface area contributed by atoms with Gasteiger partial charge in [-0.05, 0) is 23.6 Å². The van der Waals surface area contributed by atoms with Crippen LogP contribution >= 0.6 is 23.7 Å². The zero-order valence-corrected chi connectivity index (χ0v) is 13.1. The van der Waals surface area contributed by atoms with Crippen molar-refractivity contribution in [3.63, 3.8) is 0 Å². The van der Waals surface area contributed by atoms with Crippen LogP contribution in [0.4, 0.5) is 5.13 Å². The molecule has 1 aromatic carbocycles. The van der Waals surface area contributed by atoms with Crippen molar-refractivity contribution in [1.29, 1.82) is 0 Å². The largest absolute Gasteiger partial charge is 0.326 e. The summed E-state index contributed by atoms with van der Waals surface area (Å²) in [4.78, 5) is 16.4. The molecule has 20 heavy (non-hydrogen) atoms. The van der Waals surface area contributed by atoms with E-state index >= 15 is 0 Å². The van der Waals surface area contributed by atoms with Crippen LogP contribution in [-0.4, -0.2) is 10.9 Å². The maximum absolute atomic E-state index is 12.0. The third-order valence-electron chi connectivity index (χ3n) is 2.79. The van der Waals surface area contributed by atoms with E-state index in [-0.39, 0.29) is 18.3 Å². The molecule has 0 fully saturated rings. The summed E-state index contributed by atoms with van der Waals surface area (Å²) in [6.07, 6.45) is 0. The Balaban J connectivity index is 0.00000200. The summed E-state index contributed by atoms with van der Waals surface area (Å²) >= 11 is 1.45. The Morgan fingerprint density at radius 1 is 1.35 bits per heavy atom. The molecule has 108 valence electrons. The molecular formula is C14H18ClN3OS. The van der Waals surface area contributed by atoms with Crippen LogP contribution in [0.25, 0.3) is 0 Å². The standard InChI is InChI=1S/C14H17N3OS.ClH/c1-9(2)12-8-19-14(16-12)17-13(18)11-5-3-10(7-15)4-6-11;/h3-6,8-9H,7,15H2,1-2H3,(H,16,17,18);1H. The zero-order chi connectivity index (χ0) is 13.8. The lowest BCUT2D eigenvalue weighted by Crippen LogP contribution is -2.12. The van der Waals surface area contributed by atoms with Gasteiger partial charge in [0.15, 0.2) is 5.13 Å². The van der Waals surface area contributed by atoms with Crippen molar-refractivity contribution in [2.24, 2.45) is 5.73 Å². The first-order valence-corrected chi connectivity index (χ1v) is 7.04. The molecule has 0 atom stereocenters. The second-order valence-electron chi connectivity index (χ2n) is 4.59. The molecule has 1 heterocycles. The molecule has 0 saturated carbocycles. The van der Waals surface area contributed by atoms with Crippen LogP contribution in [0, 0.1) is 0 Å². The van der Waals surface area contributed by atoms with Gasteiger partial charge in [-0.15, -0.1) is 23.7 Å². The SMILES string of the molecule is CC(C)c1csc(NC(=O)c2ccc(CN)cc2)n1.Cl. The average Bonchev–Trinajstić information content (AvgIpc) is 2.87. The Morgan fingerprint density at radius 2 is 2.00 bits per heavy atom. The van der Waals surface area contributed by atoms with E-state index in [1.807, 2.05) is 17.5 Å². The van der Waals surface area contributed by atoms with Gasteiger partial charge in [0.25, 0.3) is 5.91 Å². The van der Waals surface area contributed by atoms with Crippen molar-refractivity contribution in [3.05, 3.63) is 46.5 Å². The quantitative estimate of drug-likeness (QED) is 0.909. The smallest absolute Gasteiger partial charge is 0.257 e. The number of carbonyl (C=O) groups is 1. The van der Waals surface area contributed by atoms with E-state index in [1.165, 1.54) is 11.3 Å². The van der Waals surface area contributed by atoms with Gasteiger partial charge in [-0.2, -0.15) is 0 Å².